The highest BCUT2D eigenvalue weighted by Crippen LogP contribution is 2.47. The van der Waals surface area contributed by atoms with Gasteiger partial charge in [-0.05, 0) is 43.6 Å². The van der Waals surface area contributed by atoms with Crippen molar-refractivity contribution in [1.29, 1.82) is 0 Å². The maximum atomic E-state index is 12.0. The highest BCUT2D eigenvalue weighted by atomic mass is 16.2. The highest BCUT2D eigenvalue weighted by Gasteiger charge is 2.38. The van der Waals surface area contributed by atoms with Crippen molar-refractivity contribution >= 4 is 0 Å². The molecule has 20 heavy (non-hydrogen) atoms. The number of rotatable bonds is 4. The third-order valence-electron chi connectivity index (χ3n) is 5.12. The molecule has 3 rings (SSSR count). The number of nitrogens with zero attached hydrogens (tertiary/aromatic N) is 2. The Morgan fingerprint density at radius 1 is 1.25 bits per heavy atom. The smallest absolute Gasteiger partial charge is 0.312 e. The van der Waals surface area contributed by atoms with Gasteiger partial charge in [0, 0.05) is 32.4 Å². The van der Waals surface area contributed by atoms with Gasteiger partial charge in [-0.3, -0.25) is 9.36 Å². The van der Waals surface area contributed by atoms with E-state index in [2.05, 4.69) is 5.32 Å². The molecule has 2 saturated carbocycles. The summed E-state index contributed by atoms with van der Waals surface area (Å²) in [6.45, 7) is 1.54. The summed E-state index contributed by atoms with van der Waals surface area (Å²) in [7, 11) is 3.21. The molecule has 0 amide bonds. The van der Waals surface area contributed by atoms with Crippen molar-refractivity contribution in [2.24, 2.45) is 31.8 Å². The molecule has 2 aliphatic carbocycles. The molecule has 2 aliphatic rings. The van der Waals surface area contributed by atoms with E-state index in [4.69, 9.17) is 0 Å². The fourth-order valence-corrected chi connectivity index (χ4v) is 4.02. The molecule has 110 valence electrons. The van der Waals surface area contributed by atoms with E-state index in [9.17, 15) is 9.59 Å². The molecule has 0 spiro atoms. The van der Waals surface area contributed by atoms with E-state index in [1.807, 2.05) is 0 Å². The predicted molar refractivity (Wildman–Crippen MR) is 77.6 cm³/mol. The minimum Gasteiger partial charge on any atom is -0.312 e. The van der Waals surface area contributed by atoms with Crippen molar-refractivity contribution < 1.29 is 0 Å². The third kappa shape index (κ3) is 2.35. The van der Waals surface area contributed by atoms with Crippen LogP contribution >= 0.6 is 0 Å². The molecule has 1 heterocycles. The van der Waals surface area contributed by atoms with Gasteiger partial charge in [-0.15, -0.1) is 0 Å². The fourth-order valence-electron chi connectivity index (χ4n) is 4.02. The van der Waals surface area contributed by atoms with Gasteiger partial charge in [0.05, 0.1) is 0 Å². The molecule has 1 aromatic rings. The fraction of sp³-hybridized carbons (Fsp3) is 0.733. The number of hydrogen-bond acceptors (Lipinski definition) is 3. The number of aryl methyl sites for hydroxylation is 1. The van der Waals surface area contributed by atoms with Crippen LogP contribution < -0.4 is 16.6 Å². The van der Waals surface area contributed by atoms with Gasteiger partial charge in [0.2, 0.25) is 0 Å². The van der Waals surface area contributed by atoms with E-state index in [0.29, 0.717) is 12.1 Å². The lowest BCUT2D eigenvalue weighted by Crippen LogP contribution is -2.40. The van der Waals surface area contributed by atoms with E-state index in [0.717, 1.165) is 24.3 Å². The molecule has 3 unspecified atom stereocenters. The number of hydrogen-bond donors (Lipinski definition) is 1. The van der Waals surface area contributed by atoms with Gasteiger partial charge < -0.3 is 9.88 Å². The first-order valence-electron chi connectivity index (χ1n) is 7.52. The second-order valence-corrected chi connectivity index (χ2v) is 6.48. The van der Waals surface area contributed by atoms with Crippen LogP contribution in [0.5, 0.6) is 0 Å². The van der Waals surface area contributed by atoms with Crippen LogP contribution in [0.2, 0.25) is 0 Å². The second kappa shape index (κ2) is 5.20. The molecule has 5 heteroatoms. The minimum atomic E-state index is -0.271. The summed E-state index contributed by atoms with van der Waals surface area (Å²) >= 11 is 0. The molecule has 0 saturated heterocycles. The van der Waals surface area contributed by atoms with Crippen molar-refractivity contribution in [3.8, 4) is 0 Å². The summed E-state index contributed by atoms with van der Waals surface area (Å²) in [6, 6.07) is 0. The van der Waals surface area contributed by atoms with Gasteiger partial charge in [-0.25, -0.2) is 4.79 Å². The van der Waals surface area contributed by atoms with Crippen molar-refractivity contribution in [3.05, 3.63) is 32.6 Å². The summed E-state index contributed by atoms with van der Waals surface area (Å²) < 4.78 is 2.64. The molecule has 0 radical (unpaired) electrons. The molecule has 2 bridgehead atoms. The van der Waals surface area contributed by atoms with Crippen LogP contribution in [0.25, 0.3) is 0 Å². The van der Waals surface area contributed by atoms with E-state index in [1.54, 1.807) is 13.2 Å². The maximum Gasteiger partial charge on any atom is 0.330 e. The predicted octanol–water partition coefficient (Wildman–Crippen LogP) is 0.610. The van der Waals surface area contributed by atoms with Crippen molar-refractivity contribution in [2.75, 3.05) is 6.54 Å². The first kappa shape index (κ1) is 13.6. The summed E-state index contributed by atoms with van der Waals surface area (Å²) in [5, 5.41) is 3.41. The lowest BCUT2D eigenvalue weighted by molar-refractivity contribution is 0.318. The Balaban J connectivity index is 1.62. The largest absolute Gasteiger partial charge is 0.330 e. The number of aromatic nitrogens is 2. The van der Waals surface area contributed by atoms with Crippen LogP contribution in [0.1, 0.15) is 31.2 Å². The molecular formula is C15H23N3O2. The van der Waals surface area contributed by atoms with Crippen LogP contribution in [-0.4, -0.2) is 15.7 Å². The highest BCUT2D eigenvalue weighted by molar-refractivity contribution is 5.05. The van der Waals surface area contributed by atoms with Crippen LogP contribution in [0, 0.1) is 17.8 Å². The van der Waals surface area contributed by atoms with Gasteiger partial charge >= 0.3 is 5.69 Å². The quantitative estimate of drug-likeness (QED) is 0.877. The zero-order valence-electron chi connectivity index (χ0n) is 12.3. The van der Waals surface area contributed by atoms with Gasteiger partial charge in [0.1, 0.15) is 0 Å². The average Bonchev–Trinajstić information content (AvgIpc) is 3.04. The monoisotopic (exact) mass is 277 g/mol. The molecule has 5 nitrogen and oxygen atoms in total. The summed E-state index contributed by atoms with van der Waals surface area (Å²) in [5.74, 6) is 2.64. The molecule has 1 N–H and O–H groups in total. The lowest BCUT2D eigenvalue weighted by atomic mass is 9.89. The van der Waals surface area contributed by atoms with E-state index in [1.165, 1.54) is 41.9 Å². The molecule has 1 aromatic heterocycles. The standard InChI is InChI=1S/C15H23N3O2/c1-17-9-13(14(19)18(2)15(17)20)8-16-7-12-6-10-3-4-11(12)5-10/h9-12,16H,3-8H2,1-2H3. The molecule has 3 atom stereocenters. The summed E-state index contributed by atoms with van der Waals surface area (Å²) in [5.41, 5.74) is 0.207. The van der Waals surface area contributed by atoms with Crippen LogP contribution in [0.4, 0.5) is 0 Å². The zero-order valence-corrected chi connectivity index (χ0v) is 12.3. The lowest BCUT2D eigenvalue weighted by Gasteiger charge is -2.21. The van der Waals surface area contributed by atoms with Crippen molar-refractivity contribution in [2.45, 2.75) is 32.2 Å². The number of fused-ring (bicyclic) bond motifs is 2. The molecular weight excluding hydrogens is 254 g/mol. The molecule has 0 aliphatic heterocycles. The minimum absolute atomic E-state index is 0.187. The first-order valence-corrected chi connectivity index (χ1v) is 7.52. The second-order valence-electron chi connectivity index (χ2n) is 6.48. The first-order chi connectivity index (χ1) is 9.56. The van der Waals surface area contributed by atoms with E-state index >= 15 is 0 Å². The summed E-state index contributed by atoms with van der Waals surface area (Å²) in [6.07, 6.45) is 7.22. The Hall–Kier alpha value is -1.36. The number of nitrogens with one attached hydrogen (secondary N) is 1. The molecule has 0 aromatic carbocycles. The summed E-state index contributed by atoms with van der Waals surface area (Å²) in [4.78, 5) is 23.6. The van der Waals surface area contributed by atoms with Crippen LogP contribution in [-0.2, 0) is 20.6 Å². The van der Waals surface area contributed by atoms with Crippen molar-refractivity contribution in [1.82, 2.24) is 14.5 Å². The topological polar surface area (TPSA) is 56.0 Å². The normalized spacial score (nSPS) is 28.2. The SMILES string of the molecule is Cn1cc(CNCC2CC3CCC2C3)c(=O)n(C)c1=O. The van der Waals surface area contributed by atoms with Crippen molar-refractivity contribution in [3.63, 3.8) is 0 Å². The Bertz CT molecular complexity index is 617. The molecule has 2 fully saturated rings. The Kier molecular flexibility index (Phi) is 3.54. The van der Waals surface area contributed by atoms with Crippen LogP contribution in [0.15, 0.2) is 15.8 Å². The average molecular weight is 277 g/mol. The van der Waals surface area contributed by atoms with Gasteiger partial charge in [0.25, 0.3) is 5.56 Å². The Labute approximate surface area is 118 Å². The van der Waals surface area contributed by atoms with Gasteiger partial charge in [-0.1, -0.05) is 6.42 Å². The zero-order chi connectivity index (χ0) is 14.3. The Morgan fingerprint density at radius 2 is 2.05 bits per heavy atom. The van der Waals surface area contributed by atoms with Gasteiger partial charge in [-0.2, -0.15) is 0 Å². The van der Waals surface area contributed by atoms with Gasteiger partial charge in [0.15, 0.2) is 0 Å². The van der Waals surface area contributed by atoms with E-state index < -0.39 is 0 Å². The van der Waals surface area contributed by atoms with Crippen LogP contribution in [0.3, 0.4) is 0 Å². The third-order valence-corrected chi connectivity index (χ3v) is 5.12. The maximum absolute atomic E-state index is 12.0. The Morgan fingerprint density at radius 3 is 2.70 bits per heavy atom. The van der Waals surface area contributed by atoms with E-state index in [-0.39, 0.29) is 11.2 Å².